The average Bonchev–Trinajstić information content (AvgIpc) is 3.04. The summed E-state index contributed by atoms with van der Waals surface area (Å²) in [4.78, 5) is 7.52. The van der Waals surface area contributed by atoms with Gasteiger partial charge in [0, 0.05) is 27.5 Å². The Balaban J connectivity index is 1.77. The molecule has 1 N–H and O–H groups in total. The lowest BCUT2D eigenvalue weighted by molar-refractivity contribution is 0.877. The van der Waals surface area contributed by atoms with E-state index in [-0.39, 0.29) is 0 Å². The van der Waals surface area contributed by atoms with Crippen LogP contribution in [0.4, 0.5) is 5.69 Å². The molecule has 1 aliphatic rings. The molecule has 5 heteroatoms. The standard InChI is InChI=1S/C21H20N2S3/c1-3-11-22-26-16-8-9-19-18(13-16)23-20(15-6-4-14(2)5-7-15)17-10-12-24-21(17)25-19/h4-10,12-13,22H,3,11H2,1-2H3. The van der Waals surface area contributed by atoms with Crippen LogP contribution >= 0.6 is 35.0 Å². The first-order chi connectivity index (χ1) is 12.7. The minimum absolute atomic E-state index is 1.01. The third kappa shape index (κ3) is 3.76. The Hall–Kier alpha value is -1.53. The van der Waals surface area contributed by atoms with E-state index in [2.05, 4.69) is 72.5 Å². The van der Waals surface area contributed by atoms with E-state index in [9.17, 15) is 0 Å². The average molecular weight is 397 g/mol. The Kier molecular flexibility index (Phi) is 5.50. The van der Waals surface area contributed by atoms with Crippen LogP contribution < -0.4 is 4.72 Å². The van der Waals surface area contributed by atoms with Crippen molar-refractivity contribution >= 4 is 46.4 Å². The molecule has 26 heavy (non-hydrogen) atoms. The van der Waals surface area contributed by atoms with Gasteiger partial charge < -0.3 is 0 Å². The van der Waals surface area contributed by atoms with Gasteiger partial charge in [-0.15, -0.1) is 11.3 Å². The molecule has 0 bridgehead atoms. The van der Waals surface area contributed by atoms with Crippen molar-refractivity contribution in [3.63, 3.8) is 0 Å². The number of hydrogen-bond acceptors (Lipinski definition) is 5. The van der Waals surface area contributed by atoms with Crippen molar-refractivity contribution in [3.8, 4) is 0 Å². The number of aryl methyl sites for hydroxylation is 1. The maximum atomic E-state index is 5.10. The van der Waals surface area contributed by atoms with E-state index in [0.717, 1.165) is 24.4 Å². The number of thiophene rings is 1. The topological polar surface area (TPSA) is 24.4 Å². The van der Waals surface area contributed by atoms with Gasteiger partial charge in [0.05, 0.1) is 15.6 Å². The van der Waals surface area contributed by atoms with E-state index >= 15 is 0 Å². The van der Waals surface area contributed by atoms with Crippen LogP contribution in [0.25, 0.3) is 0 Å². The molecule has 0 amide bonds. The van der Waals surface area contributed by atoms with Gasteiger partial charge in [0.15, 0.2) is 0 Å². The number of aliphatic imine (C=N–C) groups is 1. The van der Waals surface area contributed by atoms with Gasteiger partial charge in [0.1, 0.15) is 0 Å². The predicted octanol–water partition coefficient (Wildman–Crippen LogP) is 6.70. The van der Waals surface area contributed by atoms with E-state index in [1.807, 2.05) is 11.8 Å². The summed E-state index contributed by atoms with van der Waals surface area (Å²) in [5, 5.41) is 2.16. The van der Waals surface area contributed by atoms with Crippen LogP contribution in [0.2, 0.25) is 0 Å². The second kappa shape index (κ2) is 8.01. The van der Waals surface area contributed by atoms with E-state index in [1.54, 1.807) is 23.3 Å². The quantitative estimate of drug-likeness (QED) is 0.300. The molecular weight excluding hydrogens is 376 g/mol. The molecule has 2 nitrogen and oxygen atoms in total. The second-order valence-corrected chi connectivity index (χ2v) is 9.37. The molecule has 1 aromatic heterocycles. The zero-order valence-corrected chi connectivity index (χ0v) is 17.2. The first-order valence-corrected chi connectivity index (χ1v) is 11.2. The lowest BCUT2D eigenvalue weighted by Crippen LogP contribution is -2.03. The van der Waals surface area contributed by atoms with E-state index < -0.39 is 0 Å². The minimum Gasteiger partial charge on any atom is -0.260 e. The molecule has 1 aliphatic heterocycles. The Morgan fingerprint density at radius 3 is 2.73 bits per heavy atom. The first-order valence-electron chi connectivity index (χ1n) is 8.70. The van der Waals surface area contributed by atoms with Gasteiger partial charge in [-0.3, -0.25) is 4.72 Å². The lowest BCUT2D eigenvalue weighted by Gasteiger charge is -2.07. The summed E-state index contributed by atoms with van der Waals surface area (Å²) in [5.41, 5.74) is 5.79. The van der Waals surface area contributed by atoms with Crippen molar-refractivity contribution in [1.82, 2.24) is 4.72 Å². The van der Waals surface area contributed by atoms with Crippen molar-refractivity contribution in [2.45, 2.75) is 34.3 Å². The smallest absolute Gasteiger partial charge is 0.0801 e. The molecule has 4 rings (SSSR count). The van der Waals surface area contributed by atoms with Gasteiger partial charge in [-0.1, -0.05) is 48.5 Å². The van der Waals surface area contributed by atoms with Gasteiger partial charge in [-0.25, -0.2) is 4.99 Å². The van der Waals surface area contributed by atoms with Crippen molar-refractivity contribution < 1.29 is 0 Å². The van der Waals surface area contributed by atoms with Crippen molar-refractivity contribution in [1.29, 1.82) is 0 Å². The summed E-state index contributed by atoms with van der Waals surface area (Å²) >= 11 is 5.30. The van der Waals surface area contributed by atoms with Gasteiger partial charge in [-0.05, 0) is 54.9 Å². The fraction of sp³-hybridized carbons (Fsp3) is 0.190. The van der Waals surface area contributed by atoms with E-state index in [0.29, 0.717) is 0 Å². The fourth-order valence-electron chi connectivity index (χ4n) is 2.73. The fourth-order valence-corrected chi connectivity index (χ4v) is 5.58. The third-order valence-corrected chi connectivity index (χ3v) is 7.17. The summed E-state index contributed by atoms with van der Waals surface area (Å²) in [6, 6.07) is 17.4. The number of benzene rings is 2. The molecular formula is C21H20N2S3. The molecule has 0 saturated carbocycles. The van der Waals surface area contributed by atoms with Gasteiger partial charge >= 0.3 is 0 Å². The molecule has 0 aliphatic carbocycles. The Morgan fingerprint density at radius 1 is 1.08 bits per heavy atom. The van der Waals surface area contributed by atoms with Crippen molar-refractivity contribution in [2.24, 2.45) is 4.99 Å². The third-order valence-electron chi connectivity index (χ3n) is 4.12. The van der Waals surface area contributed by atoms with Crippen molar-refractivity contribution in [3.05, 3.63) is 70.6 Å². The molecule has 0 saturated heterocycles. The zero-order valence-electron chi connectivity index (χ0n) is 14.8. The van der Waals surface area contributed by atoms with E-state index in [4.69, 9.17) is 4.99 Å². The van der Waals surface area contributed by atoms with Crippen LogP contribution in [0, 0.1) is 6.92 Å². The lowest BCUT2D eigenvalue weighted by atomic mass is 10.0. The van der Waals surface area contributed by atoms with Gasteiger partial charge in [0.25, 0.3) is 0 Å². The molecule has 132 valence electrons. The summed E-state index contributed by atoms with van der Waals surface area (Å²) in [6.07, 6.45) is 1.13. The molecule has 0 unspecified atom stereocenters. The number of fused-ring (bicyclic) bond motifs is 2. The highest BCUT2D eigenvalue weighted by Gasteiger charge is 2.20. The Labute approximate surface area is 167 Å². The van der Waals surface area contributed by atoms with Crippen molar-refractivity contribution in [2.75, 3.05) is 6.54 Å². The number of hydrogen-bond donors (Lipinski definition) is 1. The Morgan fingerprint density at radius 2 is 1.92 bits per heavy atom. The largest absolute Gasteiger partial charge is 0.260 e. The monoisotopic (exact) mass is 396 g/mol. The summed E-state index contributed by atoms with van der Waals surface area (Å²) < 4.78 is 4.71. The van der Waals surface area contributed by atoms with Gasteiger partial charge in [0.2, 0.25) is 0 Å². The SMILES string of the molecule is CCCNSc1ccc2c(c1)N=C(c1ccc(C)cc1)c1ccsc1S2. The van der Waals surface area contributed by atoms with Crippen LogP contribution in [-0.2, 0) is 0 Å². The molecule has 0 atom stereocenters. The summed E-state index contributed by atoms with van der Waals surface area (Å²) in [7, 11) is 0. The molecule has 2 aromatic carbocycles. The molecule has 0 spiro atoms. The number of rotatable bonds is 5. The van der Waals surface area contributed by atoms with Crippen LogP contribution in [-0.4, -0.2) is 12.3 Å². The number of nitrogens with zero attached hydrogens (tertiary/aromatic N) is 1. The first kappa shape index (κ1) is 17.9. The van der Waals surface area contributed by atoms with Crippen LogP contribution in [0.15, 0.2) is 72.9 Å². The highest BCUT2D eigenvalue weighted by molar-refractivity contribution is 8.01. The van der Waals surface area contributed by atoms with Gasteiger partial charge in [-0.2, -0.15) is 0 Å². The van der Waals surface area contributed by atoms with Crippen LogP contribution in [0.5, 0.6) is 0 Å². The number of nitrogens with one attached hydrogen (secondary N) is 1. The zero-order chi connectivity index (χ0) is 17.9. The molecule has 0 radical (unpaired) electrons. The van der Waals surface area contributed by atoms with Crippen LogP contribution in [0.1, 0.15) is 30.0 Å². The highest BCUT2D eigenvalue weighted by atomic mass is 32.2. The molecule has 0 fully saturated rings. The predicted molar refractivity (Wildman–Crippen MR) is 116 cm³/mol. The van der Waals surface area contributed by atoms with Crippen LogP contribution in [0.3, 0.4) is 0 Å². The summed E-state index contributed by atoms with van der Waals surface area (Å²) in [5.74, 6) is 0. The normalized spacial score (nSPS) is 12.9. The Bertz CT molecular complexity index is 942. The maximum Gasteiger partial charge on any atom is 0.0801 e. The molecule has 2 heterocycles. The molecule has 3 aromatic rings. The summed E-state index contributed by atoms with van der Waals surface area (Å²) in [6.45, 7) is 5.30. The minimum atomic E-state index is 1.01. The van der Waals surface area contributed by atoms with E-state index in [1.165, 1.54) is 30.7 Å². The second-order valence-electron chi connectivity index (χ2n) is 6.18. The maximum absolute atomic E-state index is 5.10. The highest BCUT2D eigenvalue weighted by Crippen LogP contribution is 2.44.